The first-order valence-corrected chi connectivity index (χ1v) is 7.28. The fraction of sp³-hybridized carbons (Fsp3) is 0.429. The fourth-order valence-corrected chi connectivity index (χ4v) is 2.25. The zero-order chi connectivity index (χ0) is 19.7. The van der Waals surface area contributed by atoms with E-state index in [1.165, 1.54) is 18.3 Å². The lowest BCUT2D eigenvalue weighted by Gasteiger charge is -2.19. The number of carbonyl (C=O) groups is 4. The highest BCUT2D eigenvalue weighted by Crippen LogP contribution is 2.29. The largest absolute Gasteiger partial charge is 0.463 e. The Balaban J connectivity index is 1.99. The van der Waals surface area contributed by atoms with Crippen molar-refractivity contribution in [1.82, 2.24) is 20.9 Å². The summed E-state index contributed by atoms with van der Waals surface area (Å²) in [6, 6.07) is 0.767. The molecule has 26 heavy (non-hydrogen) atoms. The molecule has 6 amide bonds. The molecule has 2 rings (SSSR count). The normalized spacial score (nSPS) is 20.1. The molecular formula is C14H15F3N4O5. The van der Waals surface area contributed by atoms with Gasteiger partial charge in [-0.2, -0.15) is 13.2 Å². The van der Waals surface area contributed by atoms with E-state index in [0.29, 0.717) is 10.7 Å². The predicted molar refractivity (Wildman–Crippen MR) is 78.6 cm³/mol. The molecule has 1 aromatic heterocycles. The van der Waals surface area contributed by atoms with Gasteiger partial charge in [0.1, 0.15) is 24.6 Å². The Labute approximate surface area is 144 Å². The highest BCUT2D eigenvalue weighted by molar-refractivity contribution is 6.09. The molecule has 1 saturated heterocycles. The predicted octanol–water partition coefficient (Wildman–Crippen LogP) is 0.743. The maximum Gasteiger partial charge on any atom is 0.405 e. The molecule has 1 aliphatic heterocycles. The molecule has 1 atom stereocenters. The number of furan rings is 1. The van der Waals surface area contributed by atoms with E-state index in [0.717, 1.165) is 0 Å². The third-order valence-electron chi connectivity index (χ3n) is 3.51. The van der Waals surface area contributed by atoms with Crippen LogP contribution in [0.3, 0.4) is 0 Å². The van der Waals surface area contributed by atoms with Gasteiger partial charge in [0.15, 0.2) is 5.54 Å². The number of urea groups is 2. The fourth-order valence-electron chi connectivity index (χ4n) is 2.25. The van der Waals surface area contributed by atoms with Gasteiger partial charge in [0.05, 0.1) is 0 Å². The number of carbonyl (C=O) groups excluding carboxylic acids is 4. The van der Waals surface area contributed by atoms with E-state index in [2.05, 4.69) is 5.32 Å². The number of halogens is 3. The Kier molecular flexibility index (Phi) is 4.96. The smallest absolute Gasteiger partial charge is 0.405 e. The average Bonchev–Trinajstić information content (AvgIpc) is 3.03. The van der Waals surface area contributed by atoms with Gasteiger partial charge >= 0.3 is 18.2 Å². The second kappa shape index (κ2) is 6.69. The van der Waals surface area contributed by atoms with Crippen molar-refractivity contribution in [1.29, 1.82) is 0 Å². The van der Waals surface area contributed by atoms with Crippen LogP contribution in [0.5, 0.6) is 0 Å². The molecule has 2 heterocycles. The third kappa shape index (κ3) is 4.13. The summed E-state index contributed by atoms with van der Waals surface area (Å²) >= 11 is 0. The van der Waals surface area contributed by atoms with Gasteiger partial charge in [-0.1, -0.05) is 0 Å². The molecule has 0 unspecified atom stereocenters. The van der Waals surface area contributed by atoms with Crippen molar-refractivity contribution in [3.8, 4) is 0 Å². The monoisotopic (exact) mass is 376 g/mol. The van der Waals surface area contributed by atoms with Crippen LogP contribution in [0.1, 0.15) is 18.4 Å². The van der Waals surface area contributed by atoms with Crippen LogP contribution in [0.25, 0.3) is 0 Å². The molecule has 12 heteroatoms. The average molecular weight is 376 g/mol. The van der Waals surface area contributed by atoms with Crippen molar-refractivity contribution in [3.63, 3.8) is 0 Å². The lowest BCUT2D eigenvalue weighted by molar-refractivity contribution is -0.135. The van der Waals surface area contributed by atoms with Crippen LogP contribution in [-0.2, 0) is 15.1 Å². The number of nitrogens with zero attached hydrogens (tertiary/aromatic N) is 1. The minimum absolute atomic E-state index is 0.152. The van der Waals surface area contributed by atoms with Crippen LogP contribution in [0.4, 0.5) is 22.8 Å². The van der Waals surface area contributed by atoms with E-state index < -0.39 is 48.7 Å². The van der Waals surface area contributed by atoms with Crippen LogP contribution < -0.4 is 16.0 Å². The number of hydrogen-bond acceptors (Lipinski definition) is 5. The molecule has 0 spiro atoms. The molecule has 1 aliphatic rings. The zero-order valence-electron chi connectivity index (χ0n) is 13.7. The number of amides is 6. The van der Waals surface area contributed by atoms with Crippen LogP contribution in [0, 0.1) is 6.92 Å². The Bertz CT molecular complexity index is 760. The second-order valence-corrected chi connectivity index (χ2v) is 5.70. The highest BCUT2D eigenvalue weighted by Gasteiger charge is 2.51. The summed E-state index contributed by atoms with van der Waals surface area (Å²) in [6.45, 7) is 0.531. The standard InChI is InChI=1S/C14H15F3N4O5/c1-7-3-4-8(26-7)13(2)10(23)21(12(25)20-13)5-9(22)19-11(24)18-6-14(15,16)17/h3-4H,5-6H2,1-2H3,(H,20,25)(H2,18,19,22,24)/t13-/m1/s1. The maximum atomic E-state index is 12.5. The topological polar surface area (TPSA) is 121 Å². The zero-order valence-corrected chi connectivity index (χ0v) is 13.7. The van der Waals surface area contributed by atoms with Gasteiger partial charge in [0.25, 0.3) is 5.91 Å². The first-order valence-electron chi connectivity index (χ1n) is 7.28. The van der Waals surface area contributed by atoms with Gasteiger partial charge in [-0.15, -0.1) is 0 Å². The second-order valence-electron chi connectivity index (χ2n) is 5.70. The Morgan fingerprint density at radius 2 is 1.96 bits per heavy atom. The molecule has 0 radical (unpaired) electrons. The first kappa shape index (κ1) is 19.3. The Morgan fingerprint density at radius 1 is 1.31 bits per heavy atom. The number of rotatable bonds is 4. The molecule has 1 aromatic rings. The van der Waals surface area contributed by atoms with Gasteiger partial charge in [-0.25, -0.2) is 9.59 Å². The highest BCUT2D eigenvalue weighted by atomic mass is 19.4. The summed E-state index contributed by atoms with van der Waals surface area (Å²) in [6.07, 6.45) is -4.64. The minimum atomic E-state index is -4.64. The van der Waals surface area contributed by atoms with Gasteiger partial charge in [0, 0.05) is 0 Å². The van der Waals surface area contributed by atoms with E-state index in [1.54, 1.807) is 18.3 Å². The molecule has 0 aliphatic carbocycles. The lowest BCUT2D eigenvalue weighted by Crippen LogP contribution is -2.48. The molecule has 0 aromatic carbocycles. The lowest BCUT2D eigenvalue weighted by atomic mass is 9.99. The Hall–Kier alpha value is -3.05. The van der Waals surface area contributed by atoms with Gasteiger partial charge < -0.3 is 15.1 Å². The summed E-state index contributed by atoms with van der Waals surface area (Å²) in [5, 5.41) is 5.41. The summed E-state index contributed by atoms with van der Waals surface area (Å²) in [5.41, 5.74) is -1.54. The quantitative estimate of drug-likeness (QED) is 0.670. The van der Waals surface area contributed by atoms with E-state index in [9.17, 15) is 32.3 Å². The number of hydrogen-bond donors (Lipinski definition) is 3. The summed E-state index contributed by atoms with van der Waals surface area (Å²) in [4.78, 5) is 47.9. The van der Waals surface area contributed by atoms with Crippen LogP contribution in [-0.4, -0.2) is 48.0 Å². The molecular weight excluding hydrogens is 361 g/mol. The van der Waals surface area contributed by atoms with Gasteiger partial charge in [-0.3, -0.25) is 19.8 Å². The maximum absolute atomic E-state index is 12.5. The first-order chi connectivity index (χ1) is 11.9. The number of nitrogens with one attached hydrogen (secondary N) is 3. The summed E-state index contributed by atoms with van der Waals surface area (Å²) in [5.74, 6) is -1.28. The van der Waals surface area contributed by atoms with Gasteiger partial charge in [-0.05, 0) is 26.0 Å². The molecule has 3 N–H and O–H groups in total. The van der Waals surface area contributed by atoms with Crippen molar-refractivity contribution < 1.29 is 36.8 Å². The van der Waals surface area contributed by atoms with Crippen LogP contribution >= 0.6 is 0 Å². The van der Waals surface area contributed by atoms with Crippen LogP contribution in [0.15, 0.2) is 16.5 Å². The van der Waals surface area contributed by atoms with E-state index in [1.807, 2.05) is 0 Å². The van der Waals surface area contributed by atoms with Crippen molar-refractivity contribution in [2.24, 2.45) is 0 Å². The number of alkyl halides is 3. The van der Waals surface area contributed by atoms with Gasteiger partial charge in [0.2, 0.25) is 5.91 Å². The number of aryl methyl sites for hydroxylation is 1. The minimum Gasteiger partial charge on any atom is -0.463 e. The van der Waals surface area contributed by atoms with Crippen molar-refractivity contribution in [3.05, 3.63) is 23.7 Å². The third-order valence-corrected chi connectivity index (χ3v) is 3.51. The van der Waals surface area contributed by atoms with Crippen molar-refractivity contribution in [2.45, 2.75) is 25.6 Å². The SMILES string of the molecule is Cc1ccc([C@@]2(C)NC(=O)N(CC(=O)NC(=O)NCC(F)(F)F)C2=O)o1. The number of imide groups is 2. The van der Waals surface area contributed by atoms with Crippen molar-refractivity contribution in [2.75, 3.05) is 13.1 Å². The molecule has 1 fully saturated rings. The van der Waals surface area contributed by atoms with E-state index in [-0.39, 0.29) is 5.76 Å². The van der Waals surface area contributed by atoms with Crippen molar-refractivity contribution >= 4 is 23.9 Å². The molecule has 142 valence electrons. The summed E-state index contributed by atoms with van der Waals surface area (Å²) in [7, 11) is 0. The summed E-state index contributed by atoms with van der Waals surface area (Å²) < 4.78 is 41.3. The molecule has 9 nitrogen and oxygen atoms in total. The molecule has 0 bridgehead atoms. The van der Waals surface area contributed by atoms with Crippen LogP contribution in [0.2, 0.25) is 0 Å². The van der Waals surface area contributed by atoms with E-state index >= 15 is 0 Å². The molecule has 0 saturated carbocycles. The Morgan fingerprint density at radius 3 is 2.50 bits per heavy atom. The van der Waals surface area contributed by atoms with E-state index in [4.69, 9.17) is 4.42 Å².